The van der Waals surface area contributed by atoms with E-state index in [0.29, 0.717) is 12.3 Å². The second-order valence-corrected chi connectivity index (χ2v) is 6.25. The van der Waals surface area contributed by atoms with Gasteiger partial charge in [0.2, 0.25) is 0 Å². The van der Waals surface area contributed by atoms with Gasteiger partial charge in [0, 0.05) is 18.3 Å². The fourth-order valence-corrected chi connectivity index (χ4v) is 1.73. The number of allylic oxidation sites excluding steroid dienone is 4. The number of ether oxygens (including phenoxy) is 1. The molecular formula is C18H27NO2. The van der Waals surface area contributed by atoms with Gasteiger partial charge in [-0.15, -0.1) is 0 Å². The lowest BCUT2D eigenvalue weighted by atomic mass is 10.1. The molecule has 1 aromatic rings. The third kappa shape index (κ3) is 6.48. The lowest BCUT2D eigenvalue weighted by Gasteiger charge is -2.20. The minimum absolute atomic E-state index is 0.328. The molecule has 0 aliphatic heterocycles. The van der Waals surface area contributed by atoms with E-state index < -0.39 is 5.60 Å². The monoisotopic (exact) mass is 289 g/mol. The molecule has 0 amide bonds. The molecule has 0 saturated carbocycles. The number of rotatable bonds is 5. The maximum atomic E-state index is 12.1. The van der Waals surface area contributed by atoms with Crippen molar-refractivity contribution in [3.63, 3.8) is 0 Å². The molecule has 0 aliphatic rings. The van der Waals surface area contributed by atoms with Crippen molar-refractivity contribution < 1.29 is 9.53 Å². The molecular weight excluding hydrogens is 262 g/mol. The van der Waals surface area contributed by atoms with Crippen molar-refractivity contribution in [3.05, 3.63) is 48.3 Å². The van der Waals surface area contributed by atoms with Crippen molar-refractivity contribution in [2.45, 2.75) is 53.1 Å². The molecule has 0 saturated heterocycles. The lowest BCUT2D eigenvalue weighted by molar-refractivity contribution is 0.0533. The second-order valence-electron chi connectivity index (χ2n) is 6.25. The Morgan fingerprint density at radius 1 is 1.38 bits per heavy atom. The summed E-state index contributed by atoms with van der Waals surface area (Å²) in [6, 6.07) is 3.80. The molecule has 21 heavy (non-hydrogen) atoms. The highest BCUT2D eigenvalue weighted by molar-refractivity contribution is 5.72. The number of aromatic nitrogens is 1. The summed E-state index contributed by atoms with van der Waals surface area (Å²) < 4.78 is 6.95. The van der Waals surface area contributed by atoms with Gasteiger partial charge in [-0.05, 0) is 38.8 Å². The molecule has 0 radical (unpaired) electrons. The molecule has 1 rings (SSSR count). The van der Waals surface area contributed by atoms with Gasteiger partial charge in [-0.25, -0.2) is 4.79 Å². The Labute approximate surface area is 128 Å². The van der Waals surface area contributed by atoms with E-state index in [4.69, 9.17) is 4.74 Å². The zero-order valence-corrected chi connectivity index (χ0v) is 13.8. The van der Waals surface area contributed by atoms with Gasteiger partial charge >= 0.3 is 6.09 Å². The molecule has 0 N–H and O–H groups in total. The average Bonchev–Trinajstić information content (AvgIpc) is 2.84. The molecule has 0 spiro atoms. The molecule has 0 aliphatic carbocycles. The predicted octanol–water partition coefficient (Wildman–Crippen LogP) is 4.97. The van der Waals surface area contributed by atoms with Crippen LogP contribution in [0.5, 0.6) is 0 Å². The second kappa shape index (κ2) is 7.87. The van der Waals surface area contributed by atoms with Crippen LogP contribution in [-0.4, -0.2) is 16.3 Å². The van der Waals surface area contributed by atoms with Crippen LogP contribution >= 0.6 is 0 Å². The quantitative estimate of drug-likeness (QED) is 0.716. The van der Waals surface area contributed by atoms with E-state index in [1.807, 2.05) is 39.0 Å². The van der Waals surface area contributed by atoms with Crippen LogP contribution in [0.1, 0.15) is 46.7 Å². The van der Waals surface area contributed by atoms with Crippen molar-refractivity contribution in [1.29, 1.82) is 0 Å². The van der Waals surface area contributed by atoms with Crippen LogP contribution in [0, 0.1) is 5.92 Å². The van der Waals surface area contributed by atoms with E-state index >= 15 is 0 Å². The molecule has 0 bridgehead atoms. The highest BCUT2D eigenvalue weighted by Gasteiger charge is 2.18. The number of hydrogen-bond acceptors (Lipinski definition) is 2. The van der Waals surface area contributed by atoms with Gasteiger partial charge in [0.1, 0.15) is 5.60 Å². The summed E-state index contributed by atoms with van der Waals surface area (Å²) in [7, 11) is 0. The first-order chi connectivity index (χ1) is 9.83. The average molecular weight is 289 g/mol. The fourth-order valence-electron chi connectivity index (χ4n) is 1.73. The Kier molecular flexibility index (Phi) is 6.47. The van der Waals surface area contributed by atoms with E-state index in [2.05, 4.69) is 32.1 Å². The number of carbonyl (C=O) groups is 1. The van der Waals surface area contributed by atoms with Crippen LogP contribution in [-0.2, 0) is 11.2 Å². The van der Waals surface area contributed by atoms with Gasteiger partial charge in [-0.2, -0.15) is 0 Å². The van der Waals surface area contributed by atoms with Gasteiger partial charge < -0.3 is 4.74 Å². The third-order valence-corrected chi connectivity index (χ3v) is 3.08. The molecule has 1 atom stereocenters. The molecule has 3 nitrogen and oxygen atoms in total. The maximum absolute atomic E-state index is 12.1. The summed E-state index contributed by atoms with van der Waals surface area (Å²) in [6.45, 7) is 9.97. The van der Waals surface area contributed by atoms with Crippen molar-refractivity contribution in [2.75, 3.05) is 0 Å². The maximum Gasteiger partial charge on any atom is 0.418 e. The number of nitrogens with zero attached hydrogens (tertiary/aromatic N) is 1. The Morgan fingerprint density at radius 2 is 2.10 bits per heavy atom. The van der Waals surface area contributed by atoms with Gasteiger partial charge in [0.25, 0.3) is 0 Å². The smallest absolute Gasteiger partial charge is 0.418 e. The van der Waals surface area contributed by atoms with E-state index in [0.717, 1.165) is 12.1 Å². The Morgan fingerprint density at radius 3 is 2.71 bits per heavy atom. The van der Waals surface area contributed by atoms with E-state index in [9.17, 15) is 4.79 Å². The minimum atomic E-state index is -0.479. The standard InChI is InChI=1S/C18H27NO2/c1-6-15(2)11-8-7-9-12-16-13-10-14-19(16)17(20)21-18(3,4)5/h7-11,13-15H,6,12H2,1-5H3/b9-7+,11-8+. The van der Waals surface area contributed by atoms with Gasteiger partial charge in [-0.3, -0.25) is 4.57 Å². The normalized spacial score (nSPS) is 14.0. The molecule has 0 fully saturated rings. The van der Waals surface area contributed by atoms with Crippen molar-refractivity contribution >= 4 is 6.09 Å². The Hall–Kier alpha value is -1.77. The van der Waals surface area contributed by atoms with Gasteiger partial charge in [0.15, 0.2) is 0 Å². The van der Waals surface area contributed by atoms with E-state index in [1.165, 1.54) is 0 Å². The number of hydrogen-bond donors (Lipinski definition) is 0. The van der Waals surface area contributed by atoms with Crippen LogP contribution in [0.2, 0.25) is 0 Å². The van der Waals surface area contributed by atoms with Crippen LogP contribution < -0.4 is 0 Å². The Balaban J connectivity index is 2.62. The van der Waals surface area contributed by atoms with E-state index in [-0.39, 0.29) is 6.09 Å². The first-order valence-corrected chi connectivity index (χ1v) is 7.56. The topological polar surface area (TPSA) is 31.2 Å². The minimum Gasteiger partial charge on any atom is -0.443 e. The molecule has 1 heterocycles. The van der Waals surface area contributed by atoms with Crippen molar-refractivity contribution in [3.8, 4) is 0 Å². The lowest BCUT2D eigenvalue weighted by Crippen LogP contribution is -2.27. The molecule has 1 unspecified atom stereocenters. The highest BCUT2D eigenvalue weighted by atomic mass is 16.6. The number of carbonyl (C=O) groups excluding carboxylic acids is 1. The highest BCUT2D eigenvalue weighted by Crippen LogP contribution is 2.12. The Bertz CT molecular complexity index is 504. The summed E-state index contributed by atoms with van der Waals surface area (Å²) in [5.74, 6) is 0.597. The van der Waals surface area contributed by atoms with Gasteiger partial charge in [-0.1, -0.05) is 44.6 Å². The van der Waals surface area contributed by atoms with Crippen LogP contribution in [0.4, 0.5) is 4.79 Å². The van der Waals surface area contributed by atoms with Gasteiger partial charge in [0.05, 0.1) is 0 Å². The van der Waals surface area contributed by atoms with Crippen molar-refractivity contribution in [2.24, 2.45) is 5.92 Å². The summed E-state index contributed by atoms with van der Waals surface area (Å²) in [5, 5.41) is 0. The summed E-state index contributed by atoms with van der Waals surface area (Å²) in [6.07, 6.45) is 11.6. The summed E-state index contributed by atoms with van der Waals surface area (Å²) >= 11 is 0. The zero-order valence-electron chi connectivity index (χ0n) is 13.8. The van der Waals surface area contributed by atoms with E-state index in [1.54, 1.807) is 10.8 Å². The molecule has 0 aromatic carbocycles. The zero-order chi connectivity index (χ0) is 15.9. The van der Waals surface area contributed by atoms with Crippen LogP contribution in [0.15, 0.2) is 42.6 Å². The molecule has 1 aromatic heterocycles. The summed E-state index contributed by atoms with van der Waals surface area (Å²) in [4.78, 5) is 12.1. The SMILES string of the molecule is CCC(C)/C=C/C=C/Cc1cccn1C(=O)OC(C)(C)C. The molecule has 116 valence electrons. The van der Waals surface area contributed by atoms with Crippen molar-refractivity contribution in [1.82, 2.24) is 4.57 Å². The largest absolute Gasteiger partial charge is 0.443 e. The molecule has 3 heteroatoms. The summed E-state index contributed by atoms with van der Waals surface area (Å²) in [5.41, 5.74) is 0.450. The fraction of sp³-hybridized carbons (Fsp3) is 0.500. The van der Waals surface area contributed by atoms with Crippen LogP contribution in [0.3, 0.4) is 0 Å². The van der Waals surface area contributed by atoms with Crippen LogP contribution in [0.25, 0.3) is 0 Å². The first-order valence-electron chi connectivity index (χ1n) is 7.56. The predicted molar refractivity (Wildman–Crippen MR) is 87.5 cm³/mol. The third-order valence-electron chi connectivity index (χ3n) is 3.08. The first kappa shape index (κ1) is 17.3.